The van der Waals surface area contributed by atoms with Crippen molar-refractivity contribution in [3.63, 3.8) is 0 Å². The van der Waals surface area contributed by atoms with Crippen LogP contribution in [0.4, 0.5) is 10.7 Å². The second-order valence-corrected chi connectivity index (χ2v) is 6.63. The Morgan fingerprint density at radius 2 is 2.10 bits per heavy atom. The summed E-state index contributed by atoms with van der Waals surface area (Å²) in [5, 5.41) is 4.47. The number of rotatable bonds is 6. The molecular weight excluding hydrogens is 288 g/mol. The molecule has 0 aromatic carbocycles. The number of anilines is 2. The van der Waals surface area contributed by atoms with Gasteiger partial charge in [-0.1, -0.05) is 0 Å². The molecule has 2 heterocycles. The van der Waals surface area contributed by atoms with Gasteiger partial charge in [-0.05, 0) is 18.8 Å². The molecule has 1 aromatic heterocycles. The Morgan fingerprint density at radius 3 is 2.71 bits per heavy atom. The van der Waals surface area contributed by atoms with Crippen LogP contribution in [0.25, 0.3) is 0 Å². The van der Waals surface area contributed by atoms with Gasteiger partial charge in [-0.3, -0.25) is 9.69 Å². The van der Waals surface area contributed by atoms with Crippen molar-refractivity contribution in [1.82, 2.24) is 4.90 Å². The number of nitrogens with two attached hydrogens (primary N) is 2. The molecule has 1 amide bonds. The van der Waals surface area contributed by atoms with E-state index in [9.17, 15) is 4.79 Å². The molecule has 21 heavy (non-hydrogen) atoms. The Hall–Kier alpha value is -1.31. The molecular formula is C14H22N4O2S. The van der Waals surface area contributed by atoms with E-state index < -0.39 is 5.91 Å². The third-order valence-electron chi connectivity index (χ3n) is 4.01. The molecule has 2 fully saturated rings. The predicted octanol–water partition coefficient (Wildman–Crippen LogP) is 1.05. The number of thiophene rings is 1. The zero-order chi connectivity index (χ0) is 14.8. The summed E-state index contributed by atoms with van der Waals surface area (Å²) in [5.41, 5.74) is 13.2. The Kier molecular flexibility index (Phi) is 4.32. The number of nitrogen functional groups attached to an aromatic ring is 1. The van der Waals surface area contributed by atoms with Crippen molar-refractivity contribution in [1.29, 1.82) is 0 Å². The fourth-order valence-corrected chi connectivity index (χ4v) is 3.79. The van der Waals surface area contributed by atoms with E-state index in [2.05, 4.69) is 10.2 Å². The minimum atomic E-state index is -0.430. The number of nitrogens with zero attached hydrogens (tertiary/aromatic N) is 1. The van der Waals surface area contributed by atoms with E-state index in [1.807, 2.05) is 0 Å². The smallest absolute Gasteiger partial charge is 0.260 e. The van der Waals surface area contributed by atoms with Gasteiger partial charge in [0.15, 0.2) is 0 Å². The fourth-order valence-electron chi connectivity index (χ4n) is 2.70. The Labute approximate surface area is 128 Å². The van der Waals surface area contributed by atoms with Gasteiger partial charge in [-0.2, -0.15) is 0 Å². The van der Waals surface area contributed by atoms with E-state index in [1.165, 1.54) is 11.3 Å². The van der Waals surface area contributed by atoms with Gasteiger partial charge < -0.3 is 21.5 Å². The standard InChI is InChI=1S/C14H22N4O2S/c15-11-10(9-1-2-9)14(21-12(11)13(16)19)17-3-4-18-5-7-20-8-6-18/h9,17H,1-8,15H2,(H2,16,19). The van der Waals surface area contributed by atoms with E-state index in [1.54, 1.807) is 0 Å². The SMILES string of the molecule is NC(=O)c1sc(NCCN2CCOCC2)c(C2CC2)c1N. The van der Waals surface area contributed by atoms with Crippen LogP contribution in [-0.4, -0.2) is 50.2 Å². The molecule has 6 nitrogen and oxygen atoms in total. The molecule has 0 bridgehead atoms. The summed E-state index contributed by atoms with van der Waals surface area (Å²) in [6.07, 6.45) is 2.30. The van der Waals surface area contributed by atoms with Gasteiger partial charge in [0.1, 0.15) is 4.88 Å². The molecule has 1 aromatic rings. The van der Waals surface area contributed by atoms with Crippen molar-refractivity contribution in [3.05, 3.63) is 10.4 Å². The van der Waals surface area contributed by atoms with Crippen LogP contribution in [-0.2, 0) is 4.74 Å². The average Bonchev–Trinajstić information content (AvgIpc) is 3.24. The predicted molar refractivity (Wildman–Crippen MR) is 85.0 cm³/mol. The maximum absolute atomic E-state index is 11.5. The Morgan fingerprint density at radius 1 is 1.38 bits per heavy atom. The third-order valence-corrected chi connectivity index (χ3v) is 5.20. The molecule has 1 aliphatic carbocycles. The lowest BCUT2D eigenvalue weighted by atomic mass is 10.1. The number of primary amides is 1. The van der Waals surface area contributed by atoms with E-state index in [0.717, 1.165) is 62.8 Å². The van der Waals surface area contributed by atoms with Crippen LogP contribution in [0.3, 0.4) is 0 Å². The number of morpholine rings is 1. The molecule has 1 saturated carbocycles. The van der Waals surface area contributed by atoms with Gasteiger partial charge in [-0.15, -0.1) is 11.3 Å². The van der Waals surface area contributed by atoms with Crippen LogP contribution in [0.1, 0.15) is 34.0 Å². The molecule has 1 saturated heterocycles. The zero-order valence-corrected chi connectivity index (χ0v) is 12.9. The molecule has 0 radical (unpaired) electrons. The van der Waals surface area contributed by atoms with Crippen molar-refractivity contribution in [2.45, 2.75) is 18.8 Å². The number of ether oxygens (including phenoxy) is 1. The number of nitrogens with one attached hydrogen (secondary N) is 1. The summed E-state index contributed by atoms with van der Waals surface area (Å²) < 4.78 is 5.34. The van der Waals surface area contributed by atoms with Crippen LogP contribution >= 0.6 is 11.3 Å². The topological polar surface area (TPSA) is 93.6 Å². The number of carbonyl (C=O) groups is 1. The molecule has 0 atom stereocenters. The molecule has 116 valence electrons. The highest BCUT2D eigenvalue weighted by molar-refractivity contribution is 7.18. The number of hydrogen-bond acceptors (Lipinski definition) is 6. The normalized spacial score (nSPS) is 19.6. The number of hydrogen-bond donors (Lipinski definition) is 3. The molecule has 1 aliphatic heterocycles. The first-order valence-corrected chi connectivity index (χ1v) is 8.24. The van der Waals surface area contributed by atoms with Crippen molar-refractivity contribution < 1.29 is 9.53 Å². The Bertz CT molecular complexity index is 521. The second kappa shape index (κ2) is 6.21. The molecule has 7 heteroatoms. The summed E-state index contributed by atoms with van der Waals surface area (Å²) in [4.78, 5) is 14.3. The van der Waals surface area contributed by atoms with E-state index >= 15 is 0 Å². The number of carbonyl (C=O) groups excluding carboxylic acids is 1. The van der Waals surface area contributed by atoms with Gasteiger partial charge in [0, 0.05) is 31.7 Å². The lowest BCUT2D eigenvalue weighted by Gasteiger charge is -2.26. The van der Waals surface area contributed by atoms with Crippen LogP contribution < -0.4 is 16.8 Å². The summed E-state index contributed by atoms with van der Waals surface area (Å²) in [7, 11) is 0. The molecule has 3 rings (SSSR count). The summed E-state index contributed by atoms with van der Waals surface area (Å²) >= 11 is 1.40. The highest BCUT2D eigenvalue weighted by Gasteiger charge is 2.32. The van der Waals surface area contributed by atoms with Gasteiger partial charge in [0.25, 0.3) is 5.91 Å². The molecule has 2 aliphatic rings. The van der Waals surface area contributed by atoms with E-state index in [-0.39, 0.29) is 0 Å². The minimum Gasteiger partial charge on any atom is -0.397 e. The van der Waals surface area contributed by atoms with Gasteiger partial charge in [-0.25, -0.2) is 0 Å². The van der Waals surface area contributed by atoms with Gasteiger partial charge in [0.2, 0.25) is 0 Å². The summed E-state index contributed by atoms with van der Waals surface area (Å²) in [5.74, 6) is 0.0702. The summed E-state index contributed by atoms with van der Waals surface area (Å²) in [6, 6.07) is 0. The zero-order valence-electron chi connectivity index (χ0n) is 12.1. The van der Waals surface area contributed by atoms with Crippen molar-refractivity contribution in [3.8, 4) is 0 Å². The maximum Gasteiger partial charge on any atom is 0.260 e. The van der Waals surface area contributed by atoms with E-state index in [4.69, 9.17) is 16.2 Å². The molecule has 0 unspecified atom stereocenters. The average molecular weight is 310 g/mol. The maximum atomic E-state index is 11.5. The highest BCUT2D eigenvalue weighted by Crippen LogP contribution is 2.50. The first-order chi connectivity index (χ1) is 10.2. The second-order valence-electron chi connectivity index (χ2n) is 5.61. The fraction of sp³-hybridized carbons (Fsp3) is 0.643. The van der Waals surface area contributed by atoms with E-state index in [0.29, 0.717) is 16.5 Å². The molecule has 0 spiro atoms. The molecule has 5 N–H and O–H groups in total. The highest BCUT2D eigenvalue weighted by atomic mass is 32.1. The summed E-state index contributed by atoms with van der Waals surface area (Å²) in [6.45, 7) is 5.40. The van der Waals surface area contributed by atoms with Gasteiger partial charge >= 0.3 is 0 Å². The third kappa shape index (κ3) is 3.30. The van der Waals surface area contributed by atoms with Crippen LogP contribution in [0.15, 0.2) is 0 Å². The monoisotopic (exact) mass is 310 g/mol. The quantitative estimate of drug-likeness (QED) is 0.730. The lowest BCUT2D eigenvalue weighted by Crippen LogP contribution is -2.39. The Balaban J connectivity index is 1.64. The minimum absolute atomic E-state index is 0.430. The number of amides is 1. The largest absolute Gasteiger partial charge is 0.397 e. The van der Waals surface area contributed by atoms with Crippen molar-refractivity contribution in [2.24, 2.45) is 5.73 Å². The first-order valence-electron chi connectivity index (χ1n) is 7.42. The van der Waals surface area contributed by atoms with Crippen LogP contribution in [0.5, 0.6) is 0 Å². The van der Waals surface area contributed by atoms with Gasteiger partial charge in [0.05, 0.1) is 23.9 Å². The van der Waals surface area contributed by atoms with Crippen molar-refractivity contribution in [2.75, 3.05) is 50.4 Å². The lowest BCUT2D eigenvalue weighted by molar-refractivity contribution is 0.0398. The van der Waals surface area contributed by atoms with Crippen LogP contribution in [0.2, 0.25) is 0 Å². The van der Waals surface area contributed by atoms with Crippen molar-refractivity contribution >= 4 is 27.9 Å². The first kappa shape index (κ1) is 14.6. The van der Waals surface area contributed by atoms with Crippen LogP contribution in [0, 0.1) is 0 Å².